The number of ether oxygens (including phenoxy) is 2. The third-order valence-corrected chi connectivity index (χ3v) is 4.07. The number of amides is 1. The topological polar surface area (TPSA) is 82.4 Å². The van der Waals surface area contributed by atoms with Gasteiger partial charge in [0.05, 0.1) is 18.9 Å². The summed E-state index contributed by atoms with van der Waals surface area (Å²) in [5.74, 6) is 1.15. The highest BCUT2D eigenvalue weighted by atomic mass is 16.5. The summed E-state index contributed by atoms with van der Waals surface area (Å²) in [5.41, 5.74) is 1.70. The number of benzene rings is 2. The van der Waals surface area contributed by atoms with Crippen LogP contribution in [0.1, 0.15) is 13.8 Å². The Hall–Kier alpha value is -3.61. The molecule has 0 bridgehead atoms. The standard InChI is InChI=1S/C22H23N3O4/c1-3-28-18-9-5-16(6-10-18)20-13-14-22(27)25(24-20)15-21(26)23-17-7-11-19(12-8-17)29-4-2/h5-14H,3-4,15H2,1-2H3,(H,23,26). The summed E-state index contributed by atoms with van der Waals surface area (Å²) in [4.78, 5) is 24.5. The fourth-order valence-electron chi connectivity index (χ4n) is 2.74. The average Bonchev–Trinajstić information content (AvgIpc) is 2.72. The molecule has 0 unspecified atom stereocenters. The number of rotatable bonds is 8. The molecule has 1 N–H and O–H groups in total. The highest BCUT2D eigenvalue weighted by molar-refractivity contribution is 5.90. The Morgan fingerprint density at radius 2 is 1.48 bits per heavy atom. The normalized spacial score (nSPS) is 10.4. The maximum absolute atomic E-state index is 12.4. The first-order valence-corrected chi connectivity index (χ1v) is 9.43. The van der Waals surface area contributed by atoms with E-state index in [-0.39, 0.29) is 18.0 Å². The Balaban J connectivity index is 1.70. The third kappa shape index (κ3) is 5.44. The summed E-state index contributed by atoms with van der Waals surface area (Å²) >= 11 is 0. The molecule has 0 spiro atoms. The lowest BCUT2D eigenvalue weighted by atomic mass is 10.1. The van der Waals surface area contributed by atoms with Crippen molar-refractivity contribution in [1.82, 2.24) is 9.78 Å². The molecule has 3 aromatic rings. The van der Waals surface area contributed by atoms with Crippen LogP contribution in [0.2, 0.25) is 0 Å². The minimum Gasteiger partial charge on any atom is -0.494 e. The second-order valence-electron chi connectivity index (χ2n) is 6.18. The Kier molecular flexibility index (Phi) is 6.63. The van der Waals surface area contributed by atoms with Crippen molar-refractivity contribution in [3.8, 4) is 22.8 Å². The number of carbonyl (C=O) groups is 1. The minimum absolute atomic E-state index is 0.184. The molecule has 0 aliphatic carbocycles. The number of hydrogen-bond acceptors (Lipinski definition) is 5. The number of aromatic nitrogens is 2. The van der Waals surface area contributed by atoms with Gasteiger partial charge in [0.25, 0.3) is 5.56 Å². The number of carbonyl (C=O) groups excluding carboxylic acids is 1. The van der Waals surface area contributed by atoms with Gasteiger partial charge in [-0.25, -0.2) is 4.68 Å². The predicted octanol–water partition coefficient (Wildman–Crippen LogP) is 3.35. The molecule has 29 heavy (non-hydrogen) atoms. The van der Waals surface area contributed by atoms with Gasteiger partial charge in [-0.3, -0.25) is 9.59 Å². The van der Waals surface area contributed by atoms with Crippen molar-refractivity contribution in [3.05, 3.63) is 71.0 Å². The van der Waals surface area contributed by atoms with Crippen molar-refractivity contribution in [1.29, 1.82) is 0 Å². The lowest BCUT2D eigenvalue weighted by Crippen LogP contribution is -2.29. The van der Waals surface area contributed by atoms with Gasteiger partial charge in [0.1, 0.15) is 18.0 Å². The molecule has 0 fully saturated rings. The van der Waals surface area contributed by atoms with Crippen LogP contribution in [-0.4, -0.2) is 28.9 Å². The van der Waals surface area contributed by atoms with E-state index in [2.05, 4.69) is 10.4 Å². The van der Waals surface area contributed by atoms with Gasteiger partial charge in [0.15, 0.2) is 0 Å². The van der Waals surface area contributed by atoms with Gasteiger partial charge in [-0.15, -0.1) is 0 Å². The van der Waals surface area contributed by atoms with E-state index >= 15 is 0 Å². The number of anilines is 1. The lowest BCUT2D eigenvalue weighted by molar-refractivity contribution is -0.117. The second kappa shape index (κ2) is 9.54. The minimum atomic E-state index is -0.346. The van der Waals surface area contributed by atoms with Gasteiger partial charge in [0.2, 0.25) is 5.91 Å². The van der Waals surface area contributed by atoms with E-state index in [0.717, 1.165) is 21.7 Å². The molecular weight excluding hydrogens is 370 g/mol. The Labute approximate surface area is 168 Å². The number of hydrogen-bond donors (Lipinski definition) is 1. The molecule has 0 saturated heterocycles. The molecule has 0 radical (unpaired) electrons. The number of nitrogens with zero attached hydrogens (tertiary/aromatic N) is 2. The molecule has 0 aliphatic rings. The molecule has 3 rings (SSSR count). The van der Waals surface area contributed by atoms with Crippen LogP contribution in [0, 0.1) is 0 Å². The third-order valence-electron chi connectivity index (χ3n) is 4.07. The van der Waals surface area contributed by atoms with Crippen LogP contribution in [0.15, 0.2) is 65.5 Å². The van der Waals surface area contributed by atoms with Crippen molar-refractivity contribution in [2.45, 2.75) is 20.4 Å². The zero-order valence-corrected chi connectivity index (χ0v) is 16.4. The summed E-state index contributed by atoms with van der Waals surface area (Å²) < 4.78 is 12.0. The van der Waals surface area contributed by atoms with Crippen molar-refractivity contribution in [3.63, 3.8) is 0 Å². The van der Waals surface area contributed by atoms with E-state index in [9.17, 15) is 9.59 Å². The maximum Gasteiger partial charge on any atom is 0.267 e. The first kappa shape index (κ1) is 20.1. The van der Waals surface area contributed by atoms with Crippen LogP contribution in [-0.2, 0) is 11.3 Å². The number of nitrogens with one attached hydrogen (secondary N) is 1. The first-order chi connectivity index (χ1) is 14.1. The van der Waals surface area contributed by atoms with E-state index in [4.69, 9.17) is 9.47 Å². The molecule has 7 nitrogen and oxygen atoms in total. The van der Waals surface area contributed by atoms with Crippen molar-refractivity contribution >= 4 is 11.6 Å². The average molecular weight is 393 g/mol. The van der Waals surface area contributed by atoms with E-state index in [0.29, 0.717) is 24.6 Å². The predicted molar refractivity (Wildman–Crippen MR) is 111 cm³/mol. The van der Waals surface area contributed by atoms with Crippen LogP contribution in [0.25, 0.3) is 11.3 Å². The fourth-order valence-corrected chi connectivity index (χ4v) is 2.74. The van der Waals surface area contributed by atoms with Crippen LogP contribution < -0.4 is 20.3 Å². The zero-order chi connectivity index (χ0) is 20.6. The van der Waals surface area contributed by atoms with Gasteiger partial charge in [-0.2, -0.15) is 5.10 Å². The second-order valence-corrected chi connectivity index (χ2v) is 6.18. The quantitative estimate of drug-likeness (QED) is 0.635. The van der Waals surface area contributed by atoms with Gasteiger partial charge in [-0.05, 0) is 68.4 Å². The SMILES string of the molecule is CCOc1ccc(NC(=O)Cn2nc(-c3ccc(OCC)cc3)ccc2=O)cc1. The molecule has 1 aromatic heterocycles. The highest BCUT2D eigenvalue weighted by Gasteiger charge is 2.09. The van der Waals surface area contributed by atoms with Gasteiger partial charge in [-0.1, -0.05) is 0 Å². The van der Waals surface area contributed by atoms with E-state index in [1.54, 1.807) is 30.3 Å². The van der Waals surface area contributed by atoms with E-state index in [1.165, 1.54) is 6.07 Å². The molecule has 1 heterocycles. The fraction of sp³-hybridized carbons (Fsp3) is 0.227. The zero-order valence-electron chi connectivity index (χ0n) is 16.4. The lowest BCUT2D eigenvalue weighted by Gasteiger charge is -2.09. The first-order valence-electron chi connectivity index (χ1n) is 9.43. The van der Waals surface area contributed by atoms with Crippen molar-refractivity contribution in [2.24, 2.45) is 0 Å². The van der Waals surface area contributed by atoms with Crippen LogP contribution in [0.4, 0.5) is 5.69 Å². The van der Waals surface area contributed by atoms with E-state index in [1.807, 2.05) is 38.1 Å². The molecule has 0 saturated carbocycles. The Bertz CT molecular complexity index is 1010. The van der Waals surface area contributed by atoms with Crippen LogP contribution >= 0.6 is 0 Å². The van der Waals surface area contributed by atoms with Gasteiger partial charge in [0, 0.05) is 17.3 Å². The summed E-state index contributed by atoms with van der Waals surface area (Å²) in [7, 11) is 0. The van der Waals surface area contributed by atoms with E-state index < -0.39 is 0 Å². The highest BCUT2D eigenvalue weighted by Crippen LogP contribution is 2.20. The van der Waals surface area contributed by atoms with Crippen molar-refractivity contribution in [2.75, 3.05) is 18.5 Å². The summed E-state index contributed by atoms with van der Waals surface area (Å²) in [5, 5.41) is 7.08. The molecule has 150 valence electrons. The molecule has 7 heteroatoms. The smallest absolute Gasteiger partial charge is 0.267 e. The molecule has 1 amide bonds. The summed E-state index contributed by atoms with van der Waals surface area (Å²) in [6, 6.07) is 17.5. The molecule has 0 atom stereocenters. The summed E-state index contributed by atoms with van der Waals surface area (Å²) in [6.07, 6.45) is 0. The van der Waals surface area contributed by atoms with Crippen LogP contribution in [0.3, 0.4) is 0 Å². The summed E-state index contributed by atoms with van der Waals surface area (Å²) in [6.45, 7) is 4.81. The monoisotopic (exact) mass is 393 g/mol. The molecule has 2 aromatic carbocycles. The Morgan fingerprint density at radius 1 is 0.897 bits per heavy atom. The maximum atomic E-state index is 12.4. The van der Waals surface area contributed by atoms with Gasteiger partial charge >= 0.3 is 0 Å². The largest absolute Gasteiger partial charge is 0.494 e. The Morgan fingerprint density at radius 3 is 2.07 bits per heavy atom. The van der Waals surface area contributed by atoms with Crippen LogP contribution in [0.5, 0.6) is 11.5 Å². The van der Waals surface area contributed by atoms with Crippen molar-refractivity contribution < 1.29 is 14.3 Å². The molecule has 0 aliphatic heterocycles. The molecular formula is C22H23N3O4. The van der Waals surface area contributed by atoms with Gasteiger partial charge < -0.3 is 14.8 Å².